The highest BCUT2D eigenvalue weighted by atomic mass is 32.1. The van der Waals surface area contributed by atoms with Crippen molar-refractivity contribution in [2.24, 2.45) is 0 Å². The van der Waals surface area contributed by atoms with Crippen LogP contribution < -0.4 is 5.32 Å². The number of halogens is 3. The fraction of sp³-hybridized carbons (Fsp3) is 0.286. The molecule has 0 aliphatic carbocycles. The molecule has 1 N–H and O–H groups in total. The average molecular weight is 408 g/mol. The minimum Gasteiger partial charge on any atom is -0.465 e. The lowest BCUT2D eigenvalue weighted by atomic mass is 10.1. The third kappa shape index (κ3) is 3.70. The number of nitrogens with zero attached hydrogens (tertiary/aromatic N) is 1. The van der Waals surface area contributed by atoms with Crippen molar-refractivity contribution in [2.75, 3.05) is 19.5 Å². The lowest BCUT2D eigenvalue weighted by molar-refractivity contribution is -0.141. The second-order valence-corrected chi connectivity index (χ2v) is 6.60. The van der Waals surface area contributed by atoms with Crippen LogP contribution in [0.25, 0.3) is 0 Å². The Kier molecular flexibility index (Phi) is 5.66. The van der Waals surface area contributed by atoms with Gasteiger partial charge < -0.3 is 14.8 Å². The van der Waals surface area contributed by atoms with E-state index in [4.69, 9.17) is 0 Å². The van der Waals surface area contributed by atoms with Crippen LogP contribution in [0.1, 0.15) is 41.0 Å². The smallest absolute Gasteiger partial charge is 0.434 e. The topological polar surface area (TPSA) is 94.6 Å². The van der Waals surface area contributed by atoms with E-state index in [0.29, 0.717) is 22.7 Å². The number of thiophene rings is 1. The zero-order chi connectivity index (χ0) is 19.6. The molecule has 140 valence electrons. The molecule has 0 saturated carbocycles. The Bertz CT molecular complexity index is 873. The molecule has 26 heavy (non-hydrogen) atoms. The van der Waals surface area contributed by atoms with Crippen LogP contribution in [-0.2, 0) is 15.7 Å². The van der Waals surface area contributed by atoms with Gasteiger partial charge in [-0.25, -0.2) is 14.6 Å². The molecule has 0 fully saturated rings. The van der Waals surface area contributed by atoms with Crippen molar-refractivity contribution in [1.82, 2.24) is 4.98 Å². The van der Waals surface area contributed by atoms with Gasteiger partial charge in [0, 0.05) is 0 Å². The number of anilines is 1. The summed E-state index contributed by atoms with van der Waals surface area (Å²) in [7, 11) is 2.22. The largest absolute Gasteiger partial charge is 0.465 e. The summed E-state index contributed by atoms with van der Waals surface area (Å²) in [4.78, 5) is 38.5. The number of ether oxygens (including phenoxy) is 2. The van der Waals surface area contributed by atoms with E-state index >= 15 is 0 Å². The van der Waals surface area contributed by atoms with E-state index in [1.165, 1.54) is 6.92 Å². The molecule has 0 spiro atoms. The summed E-state index contributed by atoms with van der Waals surface area (Å²) in [6.45, 7) is 1.43. The van der Waals surface area contributed by atoms with E-state index in [2.05, 4.69) is 19.8 Å². The molecule has 12 heteroatoms. The summed E-state index contributed by atoms with van der Waals surface area (Å²) in [5.74, 6) is -2.72. The Balaban J connectivity index is 2.46. The third-order valence-corrected chi connectivity index (χ3v) is 5.19. The van der Waals surface area contributed by atoms with Crippen LogP contribution in [0.4, 0.5) is 18.2 Å². The first-order chi connectivity index (χ1) is 12.1. The highest BCUT2D eigenvalue weighted by Crippen LogP contribution is 2.36. The maximum atomic E-state index is 12.9. The third-order valence-electron chi connectivity index (χ3n) is 3.18. The number of nitrogens with one attached hydrogen (secondary N) is 1. The summed E-state index contributed by atoms with van der Waals surface area (Å²) < 4.78 is 47.9. The first kappa shape index (κ1) is 19.8. The van der Waals surface area contributed by atoms with E-state index < -0.39 is 34.6 Å². The van der Waals surface area contributed by atoms with Crippen LogP contribution in [0.2, 0.25) is 0 Å². The van der Waals surface area contributed by atoms with Crippen LogP contribution in [0.3, 0.4) is 0 Å². The maximum Gasteiger partial charge on any atom is 0.434 e. The number of carbonyl (C=O) groups is 3. The first-order valence-corrected chi connectivity index (χ1v) is 8.43. The van der Waals surface area contributed by atoms with Gasteiger partial charge in [0.25, 0.3) is 5.91 Å². The Morgan fingerprint density at radius 2 is 1.73 bits per heavy atom. The summed E-state index contributed by atoms with van der Waals surface area (Å²) in [5, 5.41) is 2.10. The van der Waals surface area contributed by atoms with E-state index in [1.54, 1.807) is 0 Å². The van der Waals surface area contributed by atoms with Gasteiger partial charge in [-0.2, -0.15) is 13.2 Å². The van der Waals surface area contributed by atoms with Crippen molar-refractivity contribution in [1.29, 1.82) is 0 Å². The van der Waals surface area contributed by atoms with Crippen molar-refractivity contribution in [3.05, 3.63) is 32.1 Å². The van der Waals surface area contributed by atoms with Crippen molar-refractivity contribution in [3.8, 4) is 0 Å². The Morgan fingerprint density at radius 3 is 2.27 bits per heavy atom. The molecule has 0 atom stereocenters. The minimum atomic E-state index is -4.81. The first-order valence-electron chi connectivity index (χ1n) is 6.73. The van der Waals surface area contributed by atoms with Crippen LogP contribution in [0, 0.1) is 6.92 Å². The van der Waals surface area contributed by atoms with Crippen molar-refractivity contribution in [3.63, 3.8) is 0 Å². The number of methoxy groups -OCH3 is 2. The average Bonchev–Trinajstić information content (AvgIpc) is 3.18. The number of thiazole rings is 1. The molecule has 7 nitrogen and oxygen atoms in total. The van der Waals surface area contributed by atoms with Gasteiger partial charge in [0.2, 0.25) is 0 Å². The zero-order valence-corrected chi connectivity index (χ0v) is 15.1. The number of rotatable bonds is 4. The van der Waals surface area contributed by atoms with E-state index in [1.807, 2.05) is 0 Å². The number of esters is 2. The number of hydrogen-bond donors (Lipinski definition) is 1. The second-order valence-electron chi connectivity index (χ2n) is 4.73. The molecule has 2 rings (SSSR count). The van der Waals surface area contributed by atoms with E-state index in [0.717, 1.165) is 19.7 Å². The van der Waals surface area contributed by atoms with Crippen LogP contribution >= 0.6 is 22.7 Å². The van der Waals surface area contributed by atoms with Gasteiger partial charge in [-0.15, -0.1) is 22.7 Å². The molecule has 1 amide bonds. The van der Waals surface area contributed by atoms with Crippen LogP contribution in [0.5, 0.6) is 0 Å². The van der Waals surface area contributed by atoms with Gasteiger partial charge in [-0.3, -0.25) is 4.79 Å². The number of hydrogen-bond acceptors (Lipinski definition) is 8. The SMILES string of the molecule is COC(=O)c1sc(NC(=O)c2scnc2C(F)(F)F)c(C(=O)OC)c1C. The van der Waals surface area contributed by atoms with Gasteiger partial charge in [0.15, 0.2) is 5.69 Å². The zero-order valence-electron chi connectivity index (χ0n) is 13.5. The predicted molar refractivity (Wildman–Crippen MR) is 86.8 cm³/mol. The molecule has 0 aromatic carbocycles. The highest BCUT2D eigenvalue weighted by molar-refractivity contribution is 7.19. The van der Waals surface area contributed by atoms with Gasteiger partial charge in [-0.05, 0) is 12.5 Å². The molecular formula is C14H11F3N2O5S2. The fourth-order valence-electron chi connectivity index (χ4n) is 2.01. The molecule has 0 saturated heterocycles. The normalized spacial score (nSPS) is 11.2. The Hall–Kier alpha value is -2.47. The van der Waals surface area contributed by atoms with Gasteiger partial charge in [-0.1, -0.05) is 0 Å². The summed E-state index contributed by atoms with van der Waals surface area (Å²) in [6, 6.07) is 0. The molecule has 0 bridgehead atoms. The molecule has 2 heterocycles. The summed E-state index contributed by atoms with van der Waals surface area (Å²) >= 11 is 1.20. The number of aromatic nitrogens is 1. The number of amides is 1. The van der Waals surface area contributed by atoms with Crippen molar-refractivity contribution < 1.29 is 37.0 Å². The molecule has 0 radical (unpaired) electrons. The number of carbonyl (C=O) groups excluding carboxylic acids is 3. The van der Waals surface area contributed by atoms with Crippen LogP contribution in [0.15, 0.2) is 5.51 Å². The predicted octanol–water partition coefficient (Wildman–Crippen LogP) is 3.36. The summed E-state index contributed by atoms with van der Waals surface area (Å²) in [5.41, 5.74) is -0.395. The quantitative estimate of drug-likeness (QED) is 0.780. The van der Waals surface area contributed by atoms with Crippen molar-refractivity contribution >= 4 is 45.5 Å². The Labute approximate surface area is 152 Å². The molecule has 2 aromatic rings. The molecule has 2 aromatic heterocycles. The number of alkyl halides is 3. The van der Waals surface area contributed by atoms with Crippen LogP contribution in [-0.4, -0.2) is 37.0 Å². The van der Waals surface area contributed by atoms with E-state index in [9.17, 15) is 27.6 Å². The standard InChI is InChI=1S/C14H11F3N2O5S2/c1-5-6(12(21)23-2)11(26-7(5)13(22)24-3)19-10(20)8-9(14(15,16)17)18-4-25-8/h4H,1-3H3,(H,19,20). The second kappa shape index (κ2) is 7.41. The summed E-state index contributed by atoms with van der Waals surface area (Å²) in [6.07, 6.45) is -4.81. The fourth-order valence-corrected chi connectivity index (χ4v) is 3.82. The molecule has 0 unspecified atom stereocenters. The lowest BCUT2D eigenvalue weighted by Crippen LogP contribution is -2.18. The Morgan fingerprint density at radius 1 is 1.12 bits per heavy atom. The minimum absolute atomic E-state index is 0.0172. The van der Waals surface area contributed by atoms with Crippen molar-refractivity contribution in [2.45, 2.75) is 13.1 Å². The monoisotopic (exact) mass is 408 g/mol. The van der Waals surface area contributed by atoms with Gasteiger partial charge in [0.1, 0.15) is 14.8 Å². The lowest BCUT2D eigenvalue weighted by Gasteiger charge is -2.07. The maximum absolute atomic E-state index is 12.9. The molecule has 0 aliphatic rings. The molecule has 0 aliphatic heterocycles. The molecular weight excluding hydrogens is 397 g/mol. The van der Waals surface area contributed by atoms with Gasteiger partial charge in [0.05, 0.1) is 25.3 Å². The highest BCUT2D eigenvalue weighted by Gasteiger charge is 2.39. The van der Waals surface area contributed by atoms with Gasteiger partial charge >= 0.3 is 18.1 Å². The van der Waals surface area contributed by atoms with E-state index in [-0.39, 0.29) is 21.0 Å².